The number of nitrogens with one attached hydrogen (secondary N) is 3. The fraction of sp³-hybridized carbons (Fsp3) is 0.516. The first-order chi connectivity index (χ1) is 19.5. The highest BCUT2D eigenvalue weighted by molar-refractivity contribution is 6.00. The van der Waals surface area contributed by atoms with Crippen molar-refractivity contribution < 1.29 is 28.9 Å². The van der Waals surface area contributed by atoms with Crippen LogP contribution in [0.3, 0.4) is 0 Å². The van der Waals surface area contributed by atoms with Crippen molar-refractivity contribution in [2.75, 3.05) is 20.3 Å². The predicted octanol–water partition coefficient (Wildman–Crippen LogP) is 3.70. The molecule has 4 atom stereocenters. The van der Waals surface area contributed by atoms with E-state index in [0.29, 0.717) is 41.4 Å². The van der Waals surface area contributed by atoms with E-state index in [4.69, 9.17) is 19.6 Å². The third kappa shape index (κ3) is 5.15. The summed E-state index contributed by atoms with van der Waals surface area (Å²) in [5.41, 5.74) is 0.319. The van der Waals surface area contributed by atoms with Crippen LogP contribution in [0.1, 0.15) is 80.5 Å². The Labute approximate surface area is 240 Å². The molecule has 2 aromatic carbocycles. The molecule has 1 saturated heterocycles. The Morgan fingerprint density at radius 1 is 1.17 bits per heavy atom. The number of hydrogen-bond donors (Lipinski definition) is 4. The van der Waals surface area contributed by atoms with Crippen molar-refractivity contribution in [1.29, 1.82) is 5.41 Å². The average molecular weight is 565 g/mol. The van der Waals surface area contributed by atoms with Crippen molar-refractivity contribution in [1.82, 2.24) is 15.5 Å². The Kier molecular flexibility index (Phi) is 7.74. The van der Waals surface area contributed by atoms with E-state index in [2.05, 4.69) is 10.6 Å². The zero-order chi connectivity index (χ0) is 29.5. The summed E-state index contributed by atoms with van der Waals surface area (Å²) in [5, 5.41) is 26.3. The molecule has 10 heteroatoms. The normalized spacial score (nSPS) is 26.1. The van der Waals surface area contributed by atoms with E-state index in [1.165, 1.54) is 4.90 Å². The third-order valence-corrected chi connectivity index (χ3v) is 8.83. The fourth-order valence-corrected chi connectivity index (χ4v) is 6.25. The zero-order valence-corrected chi connectivity index (χ0v) is 24.3. The van der Waals surface area contributed by atoms with Gasteiger partial charge >= 0.3 is 0 Å². The van der Waals surface area contributed by atoms with Gasteiger partial charge in [-0.15, -0.1) is 0 Å². The van der Waals surface area contributed by atoms with E-state index < -0.39 is 29.3 Å². The molecular formula is C31H40N4O6. The molecule has 2 aromatic rings. The van der Waals surface area contributed by atoms with E-state index in [1.807, 2.05) is 38.1 Å². The number of guanidine groups is 1. The Morgan fingerprint density at radius 3 is 2.59 bits per heavy atom. The standard InChI is InChI=1S/C31H40N4O6/c1-6-31(7-2)15-24(36)35(29(32)34-31)26-19(16-39-5)17-40-22-13-12-18(14-21(22)26)28(38)33-25-20-10-8-9-11-23(20)41-30(3,4)27(25)37/h8-14,19,25-27,37H,6-7,15-17H2,1-5H3,(H2,32,34)(H,33,38)/t19-,25-,26-,27+/m1/s1. The van der Waals surface area contributed by atoms with Gasteiger partial charge in [-0.2, -0.15) is 0 Å². The zero-order valence-electron chi connectivity index (χ0n) is 24.3. The monoisotopic (exact) mass is 564 g/mol. The van der Waals surface area contributed by atoms with Crippen LogP contribution in [-0.4, -0.2) is 65.3 Å². The molecule has 0 radical (unpaired) electrons. The molecule has 0 bridgehead atoms. The number of benzene rings is 2. The summed E-state index contributed by atoms with van der Waals surface area (Å²) in [5.74, 6) is 0.432. The van der Waals surface area contributed by atoms with Crippen LogP contribution in [0, 0.1) is 11.3 Å². The number of rotatable bonds is 7. The van der Waals surface area contributed by atoms with Gasteiger partial charge in [0.05, 0.1) is 31.7 Å². The highest BCUT2D eigenvalue weighted by Gasteiger charge is 2.47. The van der Waals surface area contributed by atoms with Crippen LogP contribution in [0.15, 0.2) is 42.5 Å². The second-order valence-electron chi connectivity index (χ2n) is 11.8. The van der Waals surface area contributed by atoms with Crippen molar-refractivity contribution in [2.24, 2.45) is 5.92 Å². The summed E-state index contributed by atoms with van der Waals surface area (Å²) >= 11 is 0. The molecule has 0 unspecified atom stereocenters. The summed E-state index contributed by atoms with van der Waals surface area (Å²) < 4.78 is 17.5. The number of hydrogen-bond acceptors (Lipinski definition) is 7. The SMILES string of the molecule is CCC1(CC)CC(=O)N([C@H]2c3cc(C(=O)N[C@@H]4c5ccccc5OC(C)(C)[C@H]4O)ccc3OC[C@H]2COC)C(=N)N1. The molecule has 3 aliphatic heterocycles. The Hall–Kier alpha value is -3.63. The van der Waals surface area contributed by atoms with E-state index in [0.717, 1.165) is 12.8 Å². The first-order valence-corrected chi connectivity index (χ1v) is 14.3. The maximum absolute atomic E-state index is 13.7. The summed E-state index contributed by atoms with van der Waals surface area (Å²) in [6.45, 7) is 8.22. The molecule has 0 spiro atoms. The maximum atomic E-state index is 13.7. The number of para-hydroxylation sites is 1. The number of carbonyl (C=O) groups is 2. The lowest BCUT2D eigenvalue weighted by Crippen LogP contribution is -2.63. The Morgan fingerprint density at radius 2 is 1.90 bits per heavy atom. The first kappa shape index (κ1) is 28.9. The maximum Gasteiger partial charge on any atom is 0.251 e. The predicted molar refractivity (Wildman–Crippen MR) is 153 cm³/mol. The van der Waals surface area contributed by atoms with Gasteiger partial charge in [0.15, 0.2) is 5.96 Å². The van der Waals surface area contributed by atoms with Gasteiger partial charge in [-0.1, -0.05) is 32.0 Å². The molecule has 0 aromatic heterocycles. The highest BCUT2D eigenvalue weighted by Crippen LogP contribution is 2.43. The Balaban J connectivity index is 1.48. The van der Waals surface area contributed by atoms with Gasteiger partial charge in [-0.05, 0) is 51.0 Å². The van der Waals surface area contributed by atoms with Gasteiger partial charge in [-0.3, -0.25) is 19.9 Å². The molecule has 4 N–H and O–H groups in total. The largest absolute Gasteiger partial charge is 0.493 e. The van der Waals surface area contributed by atoms with Gasteiger partial charge in [0.2, 0.25) is 5.91 Å². The minimum atomic E-state index is -0.990. The topological polar surface area (TPSA) is 133 Å². The molecule has 1 fully saturated rings. The van der Waals surface area contributed by atoms with Crippen molar-refractivity contribution >= 4 is 17.8 Å². The molecule has 0 aliphatic carbocycles. The fourth-order valence-electron chi connectivity index (χ4n) is 6.25. The van der Waals surface area contributed by atoms with E-state index >= 15 is 0 Å². The van der Waals surface area contributed by atoms with Crippen molar-refractivity contribution in [3.05, 3.63) is 59.2 Å². The van der Waals surface area contributed by atoms with Crippen LogP contribution in [0.5, 0.6) is 11.5 Å². The number of ether oxygens (including phenoxy) is 3. The lowest BCUT2D eigenvalue weighted by atomic mass is 9.83. The molecule has 5 rings (SSSR count). The smallest absolute Gasteiger partial charge is 0.251 e. The van der Waals surface area contributed by atoms with Gasteiger partial charge < -0.3 is 30.0 Å². The minimum Gasteiger partial charge on any atom is -0.493 e. The lowest BCUT2D eigenvalue weighted by Gasteiger charge is -2.47. The van der Waals surface area contributed by atoms with E-state index in [-0.39, 0.29) is 30.1 Å². The minimum absolute atomic E-state index is 0.0444. The van der Waals surface area contributed by atoms with Crippen LogP contribution < -0.4 is 20.1 Å². The number of methoxy groups -OCH3 is 1. The van der Waals surface area contributed by atoms with Gasteiger partial charge in [0.25, 0.3) is 5.91 Å². The number of aliphatic hydroxyl groups excluding tert-OH is 1. The number of carbonyl (C=O) groups excluding carboxylic acids is 2. The molecule has 0 saturated carbocycles. The van der Waals surface area contributed by atoms with E-state index in [1.54, 1.807) is 39.2 Å². The summed E-state index contributed by atoms with van der Waals surface area (Å²) in [6.07, 6.45) is 0.724. The number of fused-ring (bicyclic) bond motifs is 2. The highest BCUT2D eigenvalue weighted by atomic mass is 16.5. The average Bonchev–Trinajstić information content (AvgIpc) is 2.95. The molecular weight excluding hydrogens is 524 g/mol. The van der Waals surface area contributed by atoms with Gasteiger partial charge in [0, 0.05) is 35.3 Å². The molecule has 3 aliphatic rings. The third-order valence-electron chi connectivity index (χ3n) is 8.83. The van der Waals surface area contributed by atoms with Crippen LogP contribution >= 0.6 is 0 Å². The second kappa shape index (κ2) is 11.0. The quantitative estimate of drug-likeness (QED) is 0.403. The van der Waals surface area contributed by atoms with Crippen LogP contribution in [-0.2, 0) is 9.53 Å². The van der Waals surface area contributed by atoms with Crippen LogP contribution in [0.25, 0.3) is 0 Å². The Bertz CT molecular complexity index is 1320. The lowest BCUT2D eigenvalue weighted by molar-refractivity contribution is -0.134. The molecule has 220 valence electrons. The molecule has 2 amide bonds. The van der Waals surface area contributed by atoms with Gasteiger partial charge in [0.1, 0.15) is 23.2 Å². The first-order valence-electron chi connectivity index (χ1n) is 14.3. The van der Waals surface area contributed by atoms with Crippen molar-refractivity contribution in [2.45, 2.75) is 76.3 Å². The molecule has 41 heavy (non-hydrogen) atoms. The summed E-state index contributed by atoms with van der Waals surface area (Å²) in [4.78, 5) is 28.8. The van der Waals surface area contributed by atoms with Crippen LogP contribution in [0.2, 0.25) is 0 Å². The number of nitrogens with zero attached hydrogens (tertiary/aromatic N) is 1. The van der Waals surface area contributed by atoms with E-state index in [9.17, 15) is 14.7 Å². The van der Waals surface area contributed by atoms with Crippen molar-refractivity contribution in [3.8, 4) is 11.5 Å². The summed E-state index contributed by atoms with van der Waals surface area (Å²) in [7, 11) is 1.59. The number of aliphatic hydroxyl groups is 1. The van der Waals surface area contributed by atoms with Gasteiger partial charge in [-0.25, -0.2) is 0 Å². The number of amides is 2. The van der Waals surface area contributed by atoms with Crippen LogP contribution in [0.4, 0.5) is 0 Å². The second-order valence-corrected chi connectivity index (χ2v) is 11.8. The molecule has 10 nitrogen and oxygen atoms in total. The summed E-state index contributed by atoms with van der Waals surface area (Å²) in [6, 6.07) is 11.2. The van der Waals surface area contributed by atoms with Crippen molar-refractivity contribution in [3.63, 3.8) is 0 Å². The molecule has 3 heterocycles.